The van der Waals surface area contributed by atoms with E-state index in [1.807, 2.05) is 0 Å². The van der Waals surface area contributed by atoms with Crippen molar-refractivity contribution < 1.29 is 5.11 Å². The molecule has 1 aliphatic rings. The Morgan fingerprint density at radius 2 is 1.84 bits per heavy atom. The molecule has 3 unspecified atom stereocenters. The number of rotatable bonds is 9. The van der Waals surface area contributed by atoms with Crippen LogP contribution in [-0.4, -0.2) is 48.3 Å². The predicted molar refractivity (Wildman–Crippen MR) is 82.4 cm³/mol. The summed E-state index contributed by atoms with van der Waals surface area (Å²) in [6, 6.07) is 0. The first-order chi connectivity index (χ1) is 9.00. The minimum atomic E-state index is -0.0817. The lowest BCUT2D eigenvalue weighted by Gasteiger charge is -2.29. The van der Waals surface area contributed by atoms with Crippen molar-refractivity contribution in [2.24, 2.45) is 11.8 Å². The lowest BCUT2D eigenvalue weighted by molar-refractivity contribution is 0.161. The first-order valence-electron chi connectivity index (χ1n) is 8.09. The average molecular weight is 270 g/mol. The van der Waals surface area contributed by atoms with Gasteiger partial charge in [0.2, 0.25) is 0 Å². The molecular formula is C16H34N2O. The van der Waals surface area contributed by atoms with Gasteiger partial charge in [-0.1, -0.05) is 27.2 Å². The van der Waals surface area contributed by atoms with Crippen LogP contribution in [0.4, 0.5) is 0 Å². The minimum absolute atomic E-state index is 0.0817. The Balaban J connectivity index is 2.15. The van der Waals surface area contributed by atoms with Gasteiger partial charge in [-0.2, -0.15) is 0 Å². The molecular weight excluding hydrogens is 236 g/mol. The van der Waals surface area contributed by atoms with Crippen molar-refractivity contribution in [3.05, 3.63) is 0 Å². The van der Waals surface area contributed by atoms with E-state index in [1.165, 1.54) is 32.5 Å². The van der Waals surface area contributed by atoms with Crippen LogP contribution in [0.25, 0.3) is 0 Å². The second-order valence-corrected chi connectivity index (χ2v) is 6.82. The van der Waals surface area contributed by atoms with Crippen molar-refractivity contribution >= 4 is 0 Å². The van der Waals surface area contributed by atoms with Gasteiger partial charge >= 0.3 is 0 Å². The zero-order valence-corrected chi connectivity index (χ0v) is 13.4. The molecule has 1 aliphatic heterocycles. The molecule has 3 nitrogen and oxygen atoms in total. The van der Waals surface area contributed by atoms with E-state index in [0.717, 1.165) is 31.2 Å². The van der Waals surface area contributed by atoms with Crippen molar-refractivity contribution in [1.29, 1.82) is 0 Å². The average Bonchev–Trinajstić information content (AvgIpc) is 2.72. The van der Waals surface area contributed by atoms with Crippen molar-refractivity contribution in [3.63, 3.8) is 0 Å². The third kappa shape index (κ3) is 5.80. The summed E-state index contributed by atoms with van der Waals surface area (Å²) in [5.41, 5.74) is -0.0817. The van der Waals surface area contributed by atoms with Crippen LogP contribution in [0.15, 0.2) is 0 Å². The molecule has 1 saturated heterocycles. The molecule has 19 heavy (non-hydrogen) atoms. The SMILES string of the molecule is CCCNC(C)(CO)CCCCN1CC(C)C(C)C1. The molecule has 1 rings (SSSR count). The zero-order valence-electron chi connectivity index (χ0n) is 13.4. The fourth-order valence-electron chi connectivity index (χ4n) is 2.93. The molecule has 0 aromatic heterocycles. The van der Waals surface area contributed by atoms with Crippen molar-refractivity contribution in [2.45, 2.75) is 58.9 Å². The number of hydrogen-bond acceptors (Lipinski definition) is 3. The molecule has 1 fully saturated rings. The number of unbranched alkanes of at least 4 members (excludes halogenated alkanes) is 1. The largest absolute Gasteiger partial charge is 0.394 e. The van der Waals surface area contributed by atoms with Gasteiger partial charge in [-0.05, 0) is 51.1 Å². The number of likely N-dealkylation sites (tertiary alicyclic amines) is 1. The molecule has 0 spiro atoms. The van der Waals surface area contributed by atoms with Crippen LogP contribution in [0.5, 0.6) is 0 Å². The summed E-state index contributed by atoms with van der Waals surface area (Å²) in [4.78, 5) is 2.60. The van der Waals surface area contributed by atoms with E-state index in [1.54, 1.807) is 0 Å². The maximum Gasteiger partial charge on any atom is 0.0610 e. The van der Waals surface area contributed by atoms with Gasteiger partial charge in [0.15, 0.2) is 0 Å². The van der Waals surface area contributed by atoms with Gasteiger partial charge in [-0.15, -0.1) is 0 Å². The lowest BCUT2D eigenvalue weighted by Crippen LogP contribution is -2.46. The molecule has 114 valence electrons. The van der Waals surface area contributed by atoms with Crippen LogP contribution in [0.3, 0.4) is 0 Å². The van der Waals surface area contributed by atoms with E-state index in [4.69, 9.17) is 0 Å². The first-order valence-corrected chi connectivity index (χ1v) is 8.09. The van der Waals surface area contributed by atoms with E-state index in [0.29, 0.717) is 0 Å². The van der Waals surface area contributed by atoms with E-state index in [-0.39, 0.29) is 12.1 Å². The predicted octanol–water partition coefficient (Wildman–Crippen LogP) is 2.50. The van der Waals surface area contributed by atoms with Crippen molar-refractivity contribution in [1.82, 2.24) is 10.2 Å². The summed E-state index contributed by atoms with van der Waals surface area (Å²) in [5.74, 6) is 1.71. The number of aliphatic hydroxyl groups excluding tert-OH is 1. The van der Waals surface area contributed by atoms with Gasteiger partial charge in [-0.3, -0.25) is 0 Å². The van der Waals surface area contributed by atoms with Gasteiger partial charge < -0.3 is 15.3 Å². The number of nitrogens with zero attached hydrogens (tertiary/aromatic N) is 1. The van der Waals surface area contributed by atoms with E-state index in [9.17, 15) is 5.11 Å². The fourth-order valence-corrected chi connectivity index (χ4v) is 2.93. The third-order valence-corrected chi connectivity index (χ3v) is 4.67. The topological polar surface area (TPSA) is 35.5 Å². The normalized spacial score (nSPS) is 27.6. The van der Waals surface area contributed by atoms with E-state index in [2.05, 4.69) is 37.9 Å². The second kappa shape index (κ2) is 8.23. The minimum Gasteiger partial charge on any atom is -0.394 e. The highest BCUT2D eigenvalue weighted by molar-refractivity contribution is 4.83. The maximum atomic E-state index is 9.52. The molecule has 0 bridgehead atoms. The molecule has 3 atom stereocenters. The quantitative estimate of drug-likeness (QED) is 0.632. The number of hydrogen-bond donors (Lipinski definition) is 2. The van der Waals surface area contributed by atoms with Gasteiger partial charge in [-0.25, -0.2) is 0 Å². The summed E-state index contributed by atoms with van der Waals surface area (Å²) in [7, 11) is 0. The highest BCUT2D eigenvalue weighted by atomic mass is 16.3. The van der Waals surface area contributed by atoms with Crippen molar-refractivity contribution in [3.8, 4) is 0 Å². The molecule has 0 aromatic carbocycles. The molecule has 2 N–H and O–H groups in total. The summed E-state index contributed by atoms with van der Waals surface area (Å²) >= 11 is 0. The van der Waals surface area contributed by atoms with E-state index < -0.39 is 0 Å². The standard InChI is InChI=1S/C16H34N2O/c1-5-9-17-16(4,13-19)8-6-7-10-18-11-14(2)15(3)12-18/h14-15,17,19H,5-13H2,1-4H3. The Morgan fingerprint density at radius 1 is 1.21 bits per heavy atom. The molecule has 1 heterocycles. The van der Waals surface area contributed by atoms with Crippen LogP contribution in [0.2, 0.25) is 0 Å². The van der Waals surface area contributed by atoms with Crippen molar-refractivity contribution in [2.75, 3.05) is 32.8 Å². The van der Waals surface area contributed by atoms with Crippen LogP contribution in [-0.2, 0) is 0 Å². The van der Waals surface area contributed by atoms with Gasteiger partial charge in [0.25, 0.3) is 0 Å². The summed E-state index contributed by atoms with van der Waals surface area (Å²) in [6.45, 7) is 14.0. The Labute approximate surface area is 119 Å². The Morgan fingerprint density at radius 3 is 2.37 bits per heavy atom. The van der Waals surface area contributed by atoms with Gasteiger partial charge in [0.05, 0.1) is 6.61 Å². The fraction of sp³-hybridized carbons (Fsp3) is 1.00. The third-order valence-electron chi connectivity index (χ3n) is 4.67. The van der Waals surface area contributed by atoms with Crippen LogP contribution >= 0.6 is 0 Å². The Hall–Kier alpha value is -0.120. The summed E-state index contributed by atoms with van der Waals surface area (Å²) in [6.07, 6.45) is 4.65. The lowest BCUT2D eigenvalue weighted by atomic mass is 9.95. The maximum absolute atomic E-state index is 9.52. The molecule has 0 saturated carbocycles. The zero-order chi connectivity index (χ0) is 14.3. The molecule has 0 aromatic rings. The van der Waals surface area contributed by atoms with Crippen LogP contribution in [0, 0.1) is 11.8 Å². The van der Waals surface area contributed by atoms with Crippen LogP contribution < -0.4 is 5.32 Å². The summed E-state index contributed by atoms with van der Waals surface area (Å²) < 4.78 is 0. The highest BCUT2D eigenvalue weighted by Crippen LogP contribution is 2.22. The van der Waals surface area contributed by atoms with Gasteiger partial charge in [0.1, 0.15) is 0 Å². The van der Waals surface area contributed by atoms with E-state index >= 15 is 0 Å². The smallest absolute Gasteiger partial charge is 0.0610 e. The monoisotopic (exact) mass is 270 g/mol. The molecule has 3 heteroatoms. The molecule has 0 amide bonds. The number of aliphatic hydroxyl groups is 1. The summed E-state index contributed by atoms with van der Waals surface area (Å²) in [5, 5.41) is 13.0. The molecule has 0 aliphatic carbocycles. The highest BCUT2D eigenvalue weighted by Gasteiger charge is 2.26. The number of nitrogens with one attached hydrogen (secondary N) is 1. The molecule has 0 radical (unpaired) electrons. The Kier molecular flexibility index (Phi) is 7.33. The Bertz CT molecular complexity index is 237. The van der Waals surface area contributed by atoms with Gasteiger partial charge in [0, 0.05) is 18.6 Å². The first kappa shape index (κ1) is 16.9. The van der Waals surface area contributed by atoms with Crippen LogP contribution in [0.1, 0.15) is 53.4 Å². The second-order valence-electron chi connectivity index (χ2n) is 6.82.